The number of nitrogens with zero attached hydrogens (tertiary/aromatic N) is 1. The zero-order chi connectivity index (χ0) is 18.7. The first kappa shape index (κ1) is 18.9. The van der Waals surface area contributed by atoms with Gasteiger partial charge in [0.15, 0.2) is 6.10 Å². The maximum Gasteiger partial charge on any atom is 0.255 e. The molecule has 0 aliphatic carbocycles. The molecule has 1 aromatic carbocycles. The number of rotatable bonds is 4. The smallest absolute Gasteiger partial charge is 0.255 e. The summed E-state index contributed by atoms with van der Waals surface area (Å²) in [5, 5.41) is 3.55. The monoisotopic (exact) mass is 375 g/mol. The van der Waals surface area contributed by atoms with Crippen LogP contribution in [0.1, 0.15) is 43.5 Å². The Morgan fingerprint density at radius 1 is 1.42 bits per heavy atom. The highest BCUT2D eigenvalue weighted by Crippen LogP contribution is 2.31. The summed E-state index contributed by atoms with van der Waals surface area (Å²) < 4.78 is 5.83. The molecule has 4 atom stereocenters. The normalized spacial score (nSPS) is 25.6. The van der Waals surface area contributed by atoms with Gasteiger partial charge in [0.2, 0.25) is 0 Å². The zero-order valence-corrected chi connectivity index (χ0v) is 16.1. The molecular formula is C20H26ClN3O2. The number of anilines is 1. The number of carbonyl (C=O) groups excluding carboxylic acids is 1. The van der Waals surface area contributed by atoms with E-state index in [0.717, 1.165) is 25.9 Å². The number of amides is 1. The van der Waals surface area contributed by atoms with Gasteiger partial charge in [-0.25, -0.2) is 0 Å². The molecule has 140 valence electrons. The Kier molecular flexibility index (Phi) is 5.95. The van der Waals surface area contributed by atoms with E-state index in [1.165, 1.54) is 13.0 Å². The van der Waals surface area contributed by atoms with Crippen molar-refractivity contribution >= 4 is 23.2 Å². The molecule has 0 saturated carbocycles. The van der Waals surface area contributed by atoms with Gasteiger partial charge in [0.1, 0.15) is 5.75 Å². The average Bonchev–Trinajstić information content (AvgIpc) is 2.61. The molecule has 1 aromatic rings. The van der Waals surface area contributed by atoms with Crippen molar-refractivity contribution in [2.75, 3.05) is 25.4 Å². The van der Waals surface area contributed by atoms with E-state index in [1.807, 2.05) is 6.92 Å². The number of hydrogen-bond donors (Lipinski definition) is 2. The second kappa shape index (κ2) is 8.20. The summed E-state index contributed by atoms with van der Waals surface area (Å²) in [7, 11) is 0. The molecule has 0 aromatic heterocycles. The minimum Gasteiger partial charge on any atom is -0.477 e. The van der Waals surface area contributed by atoms with E-state index in [4.69, 9.17) is 22.1 Å². The van der Waals surface area contributed by atoms with E-state index < -0.39 is 0 Å². The summed E-state index contributed by atoms with van der Waals surface area (Å²) in [5.74, 6) is 6.50. The van der Waals surface area contributed by atoms with Gasteiger partial charge in [-0.3, -0.25) is 4.79 Å². The molecule has 0 spiro atoms. The third-order valence-corrected chi connectivity index (χ3v) is 5.51. The predicted molar refractivity (Wildman–Crippen MR) is 104 cm³/mol. The number of nitrogens with one attached hydrogen (secondary N) is 1. The van der Waals surface area contributed by atoms with Crippen LogP contribution >= 0.6 is 11.6 Å². The molecule has 2 unspecified atom stereocenters. The Bertz CT molecular complexity index is 741. The van der Waals surface area contributed by atoms with E-state index in [1.54, 1.807) is 19.1 Å². The van der Waals surface area contributed by atoms with Crippen molar-refractivity contribution in [3.05, 3.63) is 22.7 Å². The van der Waals surface area contributed by atoms with Gasteiger partial charge in [0, 0.05) is 25.2 Å². The summed E-state index contributed by atoms with van der Waals surface area (Å²) in [4.78, 5) is 15.4. The lowest BCUT2D eigenvalue weighted by Crippen LogP contribution is -2.53. The fraction of sp³-hybridized carbons (Fsp3) is 0.550. The average molecular weight is 376 g/mol. The number of benzene rings is 1. The topological polar surface area (TPSA) is 67.6 Å². The van der Waals surface area contributed by atoms with Crippen LogP contribution in [0.5, 0.6) is 5.75 Å². The Balaban J connectivity index is 1.78. The molecule has 26 heavy (non-hydrogen) atoms. The minimum absolute atomic E-state index is 0.164. The van der Waals surface area contributed by atoms with Crippen LogP contribution in [0.2, 0.25) is 5.02 Å². The van der Waals surface area contributed by atoms with E-state index in [-0.39, 0.29) is 18.1 Å². The van der Waals surface area contributed by atoms with Crippen LogP contribution in [0.15, 0.2) is 12.1 Å². The van der Waals surface area contributed by atoms with Crippen LogP contribution in [0.3, 0.4) is 0 Å². The summed E-state index contributed by atoms with van der Waals surface area (Å²) in [6.07, 6.45) is 3.00. The van der Waals surface area contributed by atoms with Crippen LogP contribution in [-0.2, 0) is 0 Å². The van der Waals surface area contributed by atoms with Gasteiger partial charge in [-0.05, 0) is 51.6 Å². The summed E-state index contributed by atoms with van der Waals surface area (Å²) in [5.41, 5.74) is 6.70. The second-order valence-electron chi connectivity index (χ2n) is 7.10. The van der Waals surface area contributed by atoms with Crippen LogP contribution in [0, 0.1) is 17.8 Å². The van der Waals surface area contributed by atoms with Crippen molar-refractivity contribution in [2.45, 2.75) is 45.3 Å². The maximum atomic E-state index is 13.0. The number of carbonyl (C=O) groups is 1. The van der Waals surface area contributed by atoms with Crippen LogP contribution < -0.4 is 15.8 Å². The van der Waals surface area contributed by atoms with Gasteiger partial charge in [-0.2, -0.15) is 0 Å². The molecule has 5 nitrogen and oxygen atoms in total. The van der Waals surface area contributed by atoms with Gasteiger partial charge in [-0.1, -0.05) is 17.5 Å². The van der Waals surface area contributed by atoms with Crippen LogP contribution in [0.25, 0.3) is 0 Å². The third-order valence-electron chi connectivity index (χ3n) is 5.18. The SMILES string of the molecule is CC#CC(C)Oc1cc(N)c(Cl)cc1C(=O)N[C@H]1CCN2CCC[C@H]1C2. The fourth-order valence-corrected chi connectivity index (χ4v) is 4.05. The number of nitrogen functional groups attached to an aromatic ring is 1. The molecule has 2 aliphatic rings. The van der Waals surface area contributed by atoms with E-state index >= 15 is 0 Å². The van der Waals surface area contributed by atoms with Gasteiger partial charge in [0.25, 0.3) is 5.91 Å². The molecule has 2 aliphatic heterocycles. The Morgan fingerprint density at radius 2 is 2.23 bits per heavy atom. The summed E-state index contributed by atoms with van der Waals surface area (Å²) >= 11 is 6.16. The predicted octanol–water partition coefficient (Wildman–Crippen LogP) is 2.93. The number of ether oxygens (including phenoxy) is 1. The Hall–Kier alpha value is -1.90. The number of fused-ring (bicyclic) bond motifs is 2. The minimum atomic E-state index is -0.339. The number of nitrogens with two attached hydrogens (primary N) is 1. The number of halogens is 1. The van der Waals surface area contributed by atoms with Crippen LogP contribution in [0.4, 0.5) is 5.69 Å². The maximum absolute atomic E-state index is 13.0. The molecular weight excluding hydrogens is 350 g/mol. The van der Waals surface area contributed by atoms with Crippen LogP contribution in [-0.4, -0.2) is 42.6 Å². The molecule has 2 heterocycles. The molecule has 1 amide bonds. The first-order chi connectivity index (χ1) is 12.5. The van der Waals surface area contributed by atoms with E-state index in [9.17, 15) is 4.79 Å². The van der Waals surface area contributed by atoms with Gasteiger partial charge < -0.3 is 20.7 Å². The third kappa shape index (κ3) is 4.25. The summed E-state index contributed by atoms with van der Waals surface area (Å²) in [6.45, 7) is 6.87. The molecule has 6 heteroatoms. The number of piperidine rings is 2. The first-order valence-electron chi connectivity index (χ1n) is 9.19. The van der Waals surface area contributed by atoms with Crippen molar-refractivity contribution in [3.63, 3.8) is 0 Å². The molecule has 2 bridgehead atoms. The van der Waals surface area contributed by atoms with Gasteiger partial charge in [-0.15, -0.1) is 5.92 Å². The quantitative estimate of drug-likeness (QED) is 0.627. The highest BCUT2D eigenvalue weighted by molar-refractivity contribution is 6.33. The molecule has 2 fully saturated rings. The molecule has 3 rings (SSSR count). The molecule has 3 N–H and O–H groups in total. The van der Waals surface area contributed by atoms with E-state index in [2.05, 4.69) is 22.1 Å². The largest absolute Gasteiger partial charge is 0.477 e. The van der Waals surface area contributed by atoms with Crippen molar-refractivity contribution in [1.29, 1.82) is 0 Å². The lowest BCUT2D eigenvalue weighted by molar-refractivity contribution is 0.0736. The van der Waals surface area contributed by atoms with E-state index in [0.29, 0.717) is 27.9 Å². The highest BCUT2D eigenvalue weighted by atomic mass is 35.5. The molecule has 0 radical (unpaired) electrons. The summed E-state index contributed by atoms with van der Waals surface area (Å²) in [6, 6.07) is 3.38. The van der Waals surface area contributed by atoms with Crippen molar-refractivity contribution < 1.29 is 9.53 Å². The van der Waals surface area contributed by atoms with Crippen molar-refractivity contribution in [2.24, 2.45) is 5.92 Å². The highest BCUT2D eigenvalue weighted by Gasteiger charge is 2.33. The van der Waals surface area contributed by atoms with Crippen molar-refractivity contribution in [1.82, 2.24) is 10.2 Å². The lowest BCUT2D eigenvalue weighted by atomic mass is 9.85. The Morgan fingerprint density at radius 3 is 3.00 bits per heavy atom. The van der Waals surface area contributed by atoms with Gasteiger partial charge >= 0.3 is 0 Å². The second-order valence-corrected chi connectivity index (χ2v) is 7.50. The first-order valence-corrected chi connectivity index (χ1v) is 9.57. The fourth-order valence-electron chi connectivity index (χ4n) is 3.88. The zero-order valence-electron chi connectivity index (χ0n) is 15.3. The Labute approximate surface area is 160 Å². The molecule has 2 saturated heterocycles. The van der Waals surface area contributed by atoms with Gasteiger partial charge in [0.05, 0.1) is 16.3 Å². The lowest BCUT2D eigenvalue weighted by Gasteiger charge is -2.42. The standard InChI is InChI=1S/C20H26ClN3O2/c1-3-5-13(2)26-19-11-17(22)16(21)10-15(19)20(25)23-18-7-9-24-8-4-6-14(18)12-24/h10-11,13-14,18H,4,6-9,12,22H2,1-2H3,(H,23,25)/t13?,14-,18-/m0/s1. The number of hydrogen-bond acceptors (Lipinski definition) is 4. The van der Waals surface area contributed by atoms with Crippen molar-refractivity contribution in [3.8, 4) is 17.6 Å².